The number of amides is 1. The van der Waals surface area contributed by atoms with Gasteiger partial charge in [0.15, 0.2) is 0 Å². The number of carbonyl (C=O) groups excluding carboxylic acids is 1. The van der Waals surface area contributed by atoms with E-state index >= 15 is 0 Å². The second-order valence-corrected chi connectivity index (χ2v) is 4.63. The third kappa shape index (κ3) is 3.43. The number of anilines is 1. The first kappa shape index (κ1) is 14.2. The maximum Gasteiger partial charge on any atom is 0.293 e. The van der Waals surface area contributed by atoms with Crippen LogP contribution in [0.5, 0.6) is 0 Å². The van der Waals surface area contributed by atoms with E-state index in [2.05, 4.69) is 15.6 Å². The number of carbonyl (C=O) groups is 1. The summed E-state index contributed by atoms with van der Waals surface area (Å²) in [6.45, 7) is 2.68. The maximum atomic E-state index is 11.3. The molecule has 0 saturated carbocycles. The van der Waals surface area contributed by atoms with Crippen LogP contribution < -0.4 is 16.6 Å². The number of nitrogen functional groups attached to an aromatic ring is 1. The van der Waals surface area contributed by atoms with Crippen molar-refractivity contribution in [2.45, 2.75) is 13.0 Å². The molecule has 8 nitrogen and oxygen atoms in total. The van der Waals surface area contributed by atoms with E-state index in [0.29, 0.717) is 26.1 Å². The lowest BCUT2D eigenvalue weighted by Crippen LogP contribution is -2.28. The molecule has 1 heterocycles. The van der Waals surface area contributed by atoms with E-state index in [1.807, 2.05) is 0 Å². The van der Waals surface area contributed by atoms with Gasteiger partial charge >= 0.3 is 0 Å². The number of nitrogens with two attached hydrogens (primary N) is 1. The highest BCUT2D eigenvalue weighted by Crippen LogP contribution is 2.25. The second-order valence-electron chi connectivity index (χ2n) is 4.63. The van der Waals surface area contributed by atoms with E-state index in [0.717, 1.165) is 12.1 Å². The molecule has 1 fully saturated rings. The summed E-state index contributed by atoms with van der Waals surface area (Å²) in [5, 5.41) is 13.6. The summed E-state index contributed by atoms with van der Waals surface area (Å²) in [5.74, 6) is 5.37. The fourth-order valence-corrected chi connectivity index (χ4v) is 2.19. The lowest BCUT2D eigenvalue weighted by atomic mass is 10.1. The Balaban J connectivity index is 2.09. The van der Waals surface area contributed by atoms with E-state index in [4.69, 9.17) is 5.84 Å². The zero-order valence-corrected chi connectivity index (χ0v) is 11.0. The van der Waals surface area contributed by atoms with Crippen LogP contribution in [0.2, 0.25) is 0 Å². The van der Waals surface area contributed by atoms with Gasteiger partial charge in [-0.05, 0) is 11.6 Å². The Morgan fingerprint density at radius 2 is 2.25 bits per heavy atom. The zero-order valence-electron chi connectivity index (χ0n) is 11.0. The zero-order chi connectivity index (χ0) is 14.5. The largest absolute Gasteiger partial charge is 0.355 e. The van der Waals surface area contributed by atoms with Crippen LogP contribution in [0.1, 0.15) is 12.0 Å². The van der Waals surface area contributed by atoms with Crippen LogP contribution in [0.15, 0.2) is 18.2 Å². The Morgan fingerprint density at radius 1 is 1.45 bits per heavy atom. The molecule has 0 unspecified atom stereocenters. The van der Waals surface area contributed by atoms with Gasteiger partial charge in [-0.15, -0.1) is 0 Å². The van der Waals surface area contributed by atoms with Crippen molar-refractivity contribution in [1.29, 1.82) is 0 Å². The van der Waals surface area contributed by atoms with Gasteiger partial charge in [-0.2, -0.15) is 0 Å². The molecular weight excluding hydrogens is 262 g/mol. The molecule has 1 aliphatic rings. The number of hydrogen-bond donors (Lipinski definition) is 3. The van der Waals surface area contributed by atoms with Crippen molar-refractivity contribution in [1.82, 2.24) is 10.2 Å². The summed E-state index contributed by atoms with van der Waals surface area (Å²) in [6.07, 6.45) is 0.467. The lowest BCUT2D eigenvalue weighted by Gasteiger charge is -2.19. The third-order valence-electron chi connectivity index (χ3n) is 3.22. The van der Waals surface area contributed by atoms with Gasteiger partial charge < -0.3 is 10.7 Å². The van der Waals surface area contributed by atoms with E-state index in [-0.39, 0.29) is 17.3 Å². The predicted octanol–water partition coefficient (Wildman–Crippen LogP) is 0.202. The van der Waals surface area contributed by atoms with Crippen molar-refractivity contribution in [3.63, 3.8) is 0 Å². The summed E-state index contributed by atoms with van der Waals surface area (Å²) in [4.78, 5) is 23.7. The summed E-state index contributed by atoms with van der Waals surface area (Å²) in [7, 11) is 0. The van der Waals surface area contributed by atoms with Gasteiger partial charge in [-0.25, -0.2) is 0 Å². The molecule has 0 bridgehead atoms. The van der Waals surface area contributed by atoms with E-state index in [1.165, 1.54) is 6.07 Å². The number of nitro benzene ring substituents is 1. The van der Waals surface area contributed by atoms with E-state index in [9.17, 15) is 14.9 Å². The molecule has 1 aromatic rings. The van der Waals surface area contributed by atoms with E-state index in [1.54, 1.807) is 12.1 Å². The van der Waals surface area contributed by atoms with Crippen molar-refractivity contribution in [2.24, 2.45) is 5.84 Å². The fourth-order valence-electron chi connectivity index (χ4n) is 2.19. The molecule has 8 heteroatoms. The van der Waals surface area contributed by atoms with Crippen molar-refractivity contribution in [2.75, 3.05) is 25.1 Å². The van der Waals surface area contributed by atoms with Crippen LogP contribution >= 0.6 is 0 Å². The Kier molecular flexibility index (Phi) is 4.49. The Morgan fingerprint density at radius 3 is 2.95 bits per heavy atom. The smallest absolute Gasteiger partial charge is 0.293 e. The minimum atomic E-state index is -0.479. The van der Waals surface area contributed by atoms with Crippen LogP contribution in [0.25, 0.3) is 0 Å². The molecule has 0 radical (unpaired) electrons. The molecule has 1 aromatic carbocycles. The quantitative estimate of drug-likeness (QED) is 0.412. The molecule has 20 heavy (non-hydrogen) atoms. The van der Waals surface area contributed by atoms with Crippen LogP contribution in [0.4, 0.5) is 11.4 Å². The third-order valence-corrected chi connectivity index (χ3v) is 3.22. The summed E-state index contributed by atoms with van der Waals surface area (Å²) in [6, 6.07) is 4.81. The topological polar surface area (TPSA) is 114 Å². The number of nitrogens with zero attached hydrogens (tertiary/aromatic N) is 2. The molecular formula is C12H17N5O3. The first-order valence-electron chi connectivity index (χ1n) is 6.33. The highest BCUT2D eigenvalue weighted by atomic mass is 16.6. The number of nitrogens with one attached hydrogen (secondary N) is 2. The number of hydrazine groups is 1. The Hall–Kier alpha value is -2.19. The van der Waals surface area contributed by atoms with Gasteiger partial charge in [-0.3, -0.25) is 25.7 Å². The molecule has 108 valence electrons. The first-order chi connectivity index (χ1) is 9.60. The molecule has 1 saturated heterocycles. The van der Waals surface area contributed by atoms with Crippen LogP contribution in [0.3, 0.4) is 0 Å². The standard InChI is InChI=1S/C12H17N5O3/c13-15-10-7-9(1-2-11(10)17(19)20)8-16-5-3-12(18)14-4-6-16/h1-2,7,15H,3-6,8,13H2,(H,14,18). The van der Waals surface area contributed by atoms with Gasteiger partial charge in [0, 0.05) is 38.7 Å². The Bertz CT molecular complexity index is 520. The minimum absolute atomic E-state index is 0.0519. The number of benzene rings is 1. The van der Waals surface area contributed by atoms with Crippen molar-refractivity contribution < 1.29 is 9.72 Å². The molecule has 0 spiro atoms. The maximum absolute atomic E-state index is 11.3. The van der Waals surface area contributed by atoms with E-state index < -0.39 is 4.92 Å². The summed E-state index contributed by atoms with van der Waals surface area (Å²) in [5.41, 5.74) is 3.50. The van der Waals surface area contributed by atoms with Crippen LogP contribution in [-0.2, 0) is 11.3 Å². The normalized spacial score (nSPS) is 16.4. The Labute approximate surface area is 116 Å². The van der Waals surface area contributed by atoms with Crippen molar-refractivity contribution in [3.05, 3.63) is 33.9 Å². The highest BCUT2D eigenvalue weighted by Gasteiger charge is 2.16. The van der Waals surface area contributed by atoms with Gasteiger partial charge in [-0.1, -0.05) is 6.07 Å². The van der Waals surface area contributed by atoms with Crippen molar-refractivity contribution in [3.8, 4) is 0 Å². The van der Waals surface area contributed by atoms with Gasteiger partial charge in [0.1, 0.15) is 5.69 Å². The number of hydrogen-bond acceptors (Lipinski definition) is 6. The average Bonchev–Trinajstić information content (AvgIpc) is 2.63. The second kappa shape index (κ2) is 6.31. The van der Waals surface area contributed by atoms with Gasteiger partial charge in [0.05, 0.1) is 4.92 Å². The number of nitro groups is 1. The van der Waals surface area contributed by atoms with Crippen LogP contribution in [-0.4, -0.2) is 35.4 Å². The lowest BCUT2D eigenvalue weighted by molar-refractivity contribution is -0.384. The molecule has 0 aliphatic carbocycles. The fraction of sp³-hybridized carbons (Fsp3) is 0.417. The van der Waals surface area contributed by atoms with Crippen LogP contribution in [0, 0.1) is 10.1 Å². The highest BCUT2D eigenvalue weighted by molar-refractivity contribution is 5.76. The summed E-state index contributed by atoms with van der Waals surface area (Å²) >= 11 is 0. The van der Waals surface area contributed by atoms with Crippen molar-refractivity contribution >= 4 is 17.3 Å². The molecule has 2 rings (SSSR count). The monoisotopic (exact) mass is 279 g/mol. The number of rotatable bonds is 4. The van der Waals surface area contributed by atoms with Gasteiger partial charge in [0.25, 0.3) is 5.69 Å². The molecule has 0 aromatic heterocycles. The average molecular weight is 279 g/mol. The summed E-state index contributed by atoms with van der Waals surface area (Å²) < 4.78 is 0. The van der Waals surface area contributed by atoms with Gasteiger partial charge in [0.2, 0.25) is 5.91 Å². The molecule has 1 aliphatic heterocycles. The predicted molar refractivity (Wildman–Crippen MR) is 73.8 cm³/mol. The molecule has 0 atom stereocenters. The first-order valence-corrected chi connectivity index (χ1v) is 6.33. The molecule has 4 N–H and O–H groups in total. The minimum Gasteiger partial charge on any atom is -0.355 e. The SMILES string of the molecule is NNc1cc(CN2CCNC(=O)CC2)ccc1[N+](=O)[O-]. The molecule has 1 amide bonds.